The summed E-state index contributed by atoms with van der Waals surface area (Å²) in [5.74, 6) is 0. The van der Waals surface area contributed by atoms with Crippen LogP contribution in [0.25, 0.3) is 9.75 Å². The highest BCUT2D eigenvalue weighted by atomic mass is 32.1. The van der Waals surface area contributed by atoms with Gasteiger partial charge in [0.25, 0.3) is 0 Å². The molecule has 2 aromatic rings. The van der Waals surface area contributed by atoms with E-state index in [2.05, 4.69) is 29.4 Å². The monoisotopic (exact) mass is 306 g/mol. The molecule has 108 valence electrons. The van der Waals surface area contributed by atoms with Gasteiger partial charge in [0.05, 0.1) is 4.88 Å². The summed E-state index contributed by atoms with van der Waals surface area (Å²) in [6.07, 6.45) is 10.3. The molecule has 1 N–H and O–H groups in total. The van der Waals surface area contributed by atoms with Crippen LogP contribution in [0.4, 0.5) is 0 Å². The lowest BCUT2D eigenvalue weighted by atomic mass is 10.1. The summed E-state index contributed by atoms with van der Waals surface area (Å²) in [6, 6.07) is 5.09. The molecule has 2 heterocycles. The highest BCUT2D eigenvalue weighted by molar-refractivity contribution is 7.21. The number of rotatable bonds is 4. The summed E-state index contributed by atoms with van der Waals surface area (Å²) in [7, 11) is 0. The quantitative estimate of drug-likeness (QED) is 0.805. The van der Waals surface area contributed by atoms with Crippen molar-refractivity contribution >= 4 is 22.7 Å². The fourth-order valence-electron chi connectivity index (χ4n) is 2.79. The molecule has 0 amide bonds. The molecule has 1 aliphatic carbocycles. The summed E-state index contributed by atoms with van der Waals surface area (Å²) in [4.78, 5) is 8.59. The van der Waals surface area contributed by atoms with Crippen molar-refractivity contribution in [3.8, 4) is 9.75 Å². The van der Waals surface area contributed by atoms with Crippen LogP contribution in [-0.2, 0) is 6.54 Å². The minimum Gasteiger partial charge on any atom is -0.308 e. The van der Waals surface area contributed by atoms with E-state index in [-0.39, 0.29) is 0 Å². The average Bonchev–Trinajstić information content (AvgIpc) is 3.00. The Balaban J connectivity index is 1.57. The van der Waals surface area contributed by atoms with Crippen LogP contribution in [0.3, 0.4) is 0 Å². The van der Waals surface area contributed by atoms with Crippen LogP contribution < -0.4 is 5.32 Å². The summed E-state index contributed by atoms with van der Waals surface area (Å²) in [5.41, 5.74) is 0. The molecule has 20 heavy (non-hydrogen) atoms. The molecule has 0 atom stereocenters. The molecule has 1 fully saturated rings. The van der Waals surface area contributed by atoms with Gasteiger partial charge in [-0.05, 0) is 31.9 Å². The number of hydrogen-bond acceptors (Lipinski definition) is 4. The molecule has 2 aromatic heterocycles. The molecular formula is C16H22N2S2. The maximum Gasteiger partial charge on any atom is 0.107 e. The van der Waals surface area contributed by atoms with E-state index in [0.29, 0.717) is 6.04 Å². The zero-order chi connectivity index (χ0) is 13.8. The Kier molecular flexibility index (Phi) is 4.86. The maximum absolute atomic E-state index is 4.57. The third-order valence-corrected chi connectivity index (χ3v) is 6.13. The molecule has 1 aliphatic rings. The minimum atomic E-state index is 0.703. The van der Waals surface area contributed by atoms with Gasteiger partial charge < -0.3 is 5.32 Å². The van der Waals surface area contributed by atoms with Gasteiger partial charge >= 0.3 is 0 Å². The molecule has 4 heteroatoms. The third-order valence-electron chi connectivity index (χ3n) is 3.93. The van der Waals surface area contributed by atoms with Crippen LogP contribution in [-0.4, -0.2) is 11.0 Å². The molecule has 0 aliphatic heterocycles. The van der Waals surface area contributed by atoms with E-state index >= 15 is 0 Å². The molecule has 0 spiro atoms. The van der Waals surface area contributed by atoms with Gasteiger partial charge in [-0.25, -0.2) is 4.98 Å². The predicted molar refractivity (Wildman–Crippen MR) is 88.5 cm³/mol. The zero-order valence-electron chi connectivity index (χ0n) is 12.0. The van der Waals surface area contributed by atoms with E-state index in [9.17, 15) is 0 Å². The molecule has 0 bridgehead atoms. The van der Waals surface area contributed by atoms with Crippen molar-refractivity contribution in [2.75, 3.05) is 0 Å². The first-order chi connectivity index (χ1) is 9.81. The van der Waals surface area contributed by atoms with Crippen LogP contribution in [0.5, 0.6) is 0 Å². The number of aryl methyl sites for hydroxylation is 1. The molecule has 3 rings (SSSR count). The van der Waals surface area contributed by atoms with Gasteiger partial charge in [-0.15, -0.1) is 22.7 Å². The van der Waals surface area contributed by atoms with Gasteiger partial charge in [-0.3, -0.25) is 0 Å². The van der Waals surface area contributed by atoms with Crippen molar-refractivity contribution in [1.82, 2.24) is 10.3 Å². The highest BCUT2D eigenvalue weighted by Crippen LogP contribution is 2.32. The van der Waals surface area contributed by atoms with Crippen LogP contribution in [0, 0.1) is 6.92 Å². The number of thiophene rings is 1. The van der Waals surface area contributed by atoms with Gasteiger partial charge in [-0.1, -0.05) is 25.7 Å². The number of thiazole rings is 1. The smallest absolute Gasteiger partial charge is 0.107 e. The van der Waals surface area contributed by atoms with Gasteiger partial charge in [0.2, 0.25) is 0 Å². The lowest BCUT2D eigenvalue weighted by Crippen LogP contribution is -2.27. The molecule has 1 saturated carbocycles. The molecule has 0 aromatic carbocycles. The van der Waals surface area contributed by atoms with Crippen LogP contribution in [0.1, 0.15) is 48.4 Å². The van der Waals surface area contributed by atoms with E-state index in [1.807, 2.05) is 28.9 Å². The Hall–Kier alpha value is -0.710. The van der Waals surface area contributed by atoms with Crippen molar-refractivity contribution in [3.63, 3.8) is 0 Å². The molecule has 0 unspecified atom stereocenters. The number of nitrogens with zero attached hydrogens (tertiary/aromatic N) is 1. The zero-order valence-corrected chi connectivity index (χ0v) is 13.7. The Labute approximate surface area is 129 Å². The fraction of sp³-hybridized carbons (Fsp3) is 0.562. The minimum absolute atomic E-state index is 0.703. The summed E-state index contributed by atoms with van der Waals surface area (Å²) >= 11 is 3.68. The topological polar surface area (TPSA) is 24.9 Å². The number of nitrogens with one attached hydrogen (secondary N) is 1. The SMILES string of the molecule is Cc1ccc(-c2cnc(CNC3CCCCCC3)s2)s1. The van der Waals surface area contributed by atoms with Gasteiger partial charge in [0.1, 0.15) is 5.01 Å². The molecule has 0 radical (unpaired) electrons. The second kappa shape index (κ2) is 6.83. The van der Waals surface area contributed by atoms with Crippen molar-refractivity contribution in [2.45, 2.75) is 58.0 Å². The van der Waals surface area contributed by atoms with Crippen molar-refractivity contribution < 1.29 is 0 Å². The molecule has 2 nitrogen and oxygen atoms in total. The second-order valence-corrected chi connectivity index (χ2v) is 8.00. The van der Waals surface area contributed by atoms with E-state index < -0.39 is 0 Å². The number of hydrogen-bond donors (Lipinski definition) is 1. The number of aromatic nitrogens is 1. The molecular weight excluding hydrogens is 284 g/mol. The van der Waals surface area contributed by atoms with Crippen molar-refractivity contribution in [3.05, 3.63) is 28.2 Å². The first-order valence-electron chi connectivity index (χ1n) is 7.56. The summed E-state index contributed by atoms with van der Waals surface area (Å²) in [6.45, 7) is 3.09. The standard InChI is InChI=1S/C16H22N2S2/c1-12-8-9-14(19-12)15-10-18-16(20-15)11-17-13-6-4-2-3-5-7-13/h8-10,13,17H,2-7,11H2,1H3. The predicted octanol–water partition coefficient (Wildman–Crippen LogP) is 4.99. The lowest BCUT2D eigenvalue weighted by Gasteiger charge is -2.14. The fourth-order valence-corrected chi connectivity index (χ4v) is 4.60. The highest BCUT2D eigenvalue weighted by Gasteiger charge is 2.12. The van der Waals surface area contributed by atoms with Gasteiger partial charge in [-0.2, -0.15) is 0 Å². The normalized spacial score (nSPS) is 17.2. The summed E-state index contributed by atoms with van der Waals surface area (Å²) in [5, 5.41) is 4.92. The Morgan fingerprint density at radius 2 is 1.90 bits per heavy atom. The Morgan fingerprint density at radius 3 is 2.60 bits per heavy atom. The third kappa shape index (κ3) is 3.68. The van der Waals surface area contributed by atoms with E-state index in [1.54, 1.807) is 0 Å². The van der Waals surface area contributed by atoms with Crippen LogP contribution >= 0.6 is 22.7 Å². The van der Waals surface area contributed by atoms with Crippen LogP contribution in [0.15, 0.2) is 18.3 Å². The van der Waals surface area contributed by atoms with E-state index in [1.165, 1.54) is 58.2 Å². The second-order valence-electron chi connectivity index (χ2n) is 5.60. The first-order valence-corrected chi connectivity index (χ1v) is 9.19. The van der Waals surface area contributed by atoms with Gasteiger partial charge in [0, 0.05) is 28.5 Å². The largest absolute Gasteiger partial charge is 0.308 e. The van der Waals surface area contributed by atoms with Crippen molar-refractivity contribution in [2.24, 2.45) is 0 Å². The lowest BCUT2D eigenvalue weighted by molar-refractivity contribution is 0.458. The van der Waals surface area contributed by atoms with Crippen LogP contribution in [0.2, 0.25) is 0 Å². The first kappa shape index (κ1) is 14.2. The maximum atomic E-state index is 4.57. The van der Waals surface area contributed by atoms with Crippen molar-refractivity contribution in [1.29, 1.82) is 0 Å². The van der Waals surface area contributed by atoms with E-state index in [0.717, 1.165) is 6.54 Å². The van der Waals surface area contributed by atoms with Gasteiger partial charge in [0.15, 0.2) is 0 Å². The Bertz CT molecular complexity index is 536. The Morgan fingerprint density at radius 1 is 1.10 bits per heavy atom. The average molecular weight is 306 g/mol. The molecule has 0 saturated heterocycles. The summed E-state index contributed by atoms with van der Waals surface area (Å²) < 4.78 is 0. The van der Waals surface area contributed by atoms with E-state index in [4.69, 9.17) is 0 Å².